The van der Waals surface area contributed by atoms with Crippen molar-refractivity contribution in [2.45, 2.75) is 20.0 Å². The molecule has 4 heteroatoms. The molecule has 0 bridgehead atoms. The summed E-state index contributed by atoms with van der Waals surface area (Å²) in [6.07, 6.45) is -0.663. The molecule has 2 aromatic rings. The third-order valence-electron chi connectivity index (χ3n) is 4.25. The van der Waals surface area contributed by atoms with Gasteiger partial charge in [-0.25, -0.2) is 4.79 Å². The Labute approximate surface area is 147 Å². The van der Waals surface area contributed by atoms with Crippen molar-refractivity contribution in [2.75, 3.05) is 6.61 Å². The maximum atomic E-state index is 12.6. The molecule has 0 N–H and O–H groups in total. The van der Waals surface area contributed by atoms with Crippen molar-refractivity contribution in [3.8, 4) is 0 Å². The van der Waals surface area contributed by atoms with Crippen molar-refractivity contribution >= 4 is 23.1 Å². The summed E-state index contributed by atoms with van der Waals surface area (Å²) < 4.78 is 10.7. The quantitative estimate of drug-likeness (QED) is 0.781. The Bertz CT molecular complexity index is 793. The summed E-state index contributed by atoms with van der Waals surface area (Å²) in [6.45, 7) is 3.78. The van der Waals surface area contributed by atoms with Gasteiger partial charge in [0, 0.05) is 5.57 Å². The van der Waals surface area contributed by atoms with E-state index in [-0.39, 0.29) is 5.97 Å². The molecule has 0 aliphatic carbocycles. The van der Waals surface area contributed by atoms with Crippen molar-refractivity contribution in [3.05, 3.63) is 71.8 Å². The summed E-state index contributed by atoms with van der Waals surface area (Å²) in [4.78, 5) is 24.8. The zero-order chi connectivity index (χ0) is 17.8. The fourth-order valence-corrected chi connectivity index (χ4v) is 3.04. The van der Waals surface area contributed by atoms with Crippen molar-refractivity contribution in [1.29, 1.82) is 0 Å². The highest BCUT2D eigenvalue weighted by Crippen LogP contribution is 2.40. The highest BCUT2D eigenvalue weighted by molar-refractivity contribution is 6.28. The lowest BCUT2D eigenvalue weighted by molar-refractivity contribution is -0.153. The minimum Gasteiger partial charge on any atom is -0.466 e. The molecule has 0 aromatic heterocycles. The highest BCUT2D eigenvalue weighted by Gasteiger charge is 2.41. The molecule has 2 aromatic carbocycles. The van der Waals surface area contributed by atoms with Crippen LogP contribution < -0.4 is 0 Å². The van der Waals surface area contributed by atoms with Gasteiger partial charge in [-0.05, 0) is 25.0 Å². The van der Waals surface area contributed by atoms with Gasteiger partial charge in [-0.15, -0.1) is 0 Å². The van der Waals surface area contributed by atoms with Crippen LogP contribution in [-0.4, -0.2) is 24.6 Å². The van der Waals surface area contributed by atoms with Crippen molar-refractivity contribution in [3.63, 3.8) is 0 Å². The van der Waals surface area contributed by atoms with E-state index in [1.165, 1.54) is 0 Å². The molecule has 2 atom stereocenters. The first-order valence-corrected chi connectivity index (χ1v) is 8.36. The topological polar surface area (TPSA) is 52.6 Å². The maximum Gasteiger partial charge on any atom is 0.339 e. The van der Waals surface area contributed by atoms with Crippen molar-refractivity contribution < 1.29 is 19.1 Å². The van der Waals surface area contributed by atoms with Gasteiger partial charge < -0.3 is 9.47 Å². The Morgan fingerprint density at radius 1 is 1.04 bits per heavy atom. The molecule has 0 saturated carbocycles. The van der Waals surface area contributed by atoms with Crippen LogP contribution in [0.2, 0.25) is 0 Å². The average Bonchev–Trinajstić information content (AvgIpc) is 3.00. The van der Waals surface area contributed by atoms with E-state index in [9.17, 15) is 9.59 Å². The van der Waals surface area contributed by atoms with Gasteiger partial charge in [0.25, 0.3) is 0 Å². The smallest absolute Gasteiger partial charge is 0.339 e. The summed E-state index contributed by atoms with van der Waals surface area (Å²) >= 11 is 0. The Hall–Kier alpha value is -2.88. The Balaban J connectivity index is 2.13. The fourth-order valence-electron chi connectivity index (χ4n) is 3.04. The second kappa shape index (κ2) is 7.34. The van der Waals surface area contributed by atoms with E-state index in [0.717, 1.165) is 16.7 Å². The molecule has 0 amide bonds. The van der Waals surface area contributed by atoms with E-state index in [1.54, 1.807) is 13.8 Å². The lowest BCUT2D eigenvalue weighted by Crippen LogP contribution is -2.29. The lowest BCUT2D eigenvalue weighted by Gasteiger charge is -2.20. The lowest BCUT2D eigenvalue weighted by atomic mass is 9.88. The molecular formula is C21H20O4. The third kappa shape index (κ3) is 3.33. The Morgan fingerprint density at radius 2 is 1.60 bits per heavy atom. The number of rotatable bonds is 5. The predicted molar refractivity (Wildman–Crippen MR) is 95.4 cm³/mol. The largest absolute Gasteiger partial charge is 0.466 e. The van der Waals surface area contributed by atoms with Crippen LogP contribution in [-0.2, 0) is 19.1 Å². The molecule has 128 valence electrons. The van der Waals surface area contributed by atoms with Crippen LogP contribution in [0.4, 0.5) is 0 Å². The number of benzene rings is 2. The standard InChI is InChI=1S/C21H20O4/c1-3-24-20(22)14(2)19-17(15-10-6-4-7-11-15)18(21(23)25-19)16-12-8-5-9-13-16/h4-14,19H,3H2,1-2H3. The van der Waals surface area contributed by atoms with Gasteiger partial charge in [-0.1, -0.05) is 60.7 Å². The van der Waals surface area contributed by atoms with Crippen LogP contribution in [0.25, 0.3) is 11.1 Å². The molecule has 2 unspecified atom stereocenters. The van der Waals surface area contributed by atoms with Gasteiger partial charge in [0.15, 0.2) is 0 Å². The zero-order valence-corrected chi connectivity index (χ0v) is 14.3. The third-order valence-corrected chi connectivity index (χ3v) is 4.25. The summed E-state index contributed by atoms with van der Waals surface area (Å²) in [5.74, 6) is -1.37. The number of hydrogen-bond donors (Lipinski definition) is 0. The number of carbonyl (C=O) groups is 2. The van der Waals surface area contributed by atoms with Crippen molar-refractivity contribution in [1.82, 2.24) is 0 Å². The summed E-state index contributed by atoms with van der Waals surface area (Å²) in [7, 11) is 0. The molecule has 1 heterocycles. The first-order chi connectivity index (χ1) is 12.1. The van der Waals surface area contributed by atoms with E-state index in [2.05, 4.69) is 0 Å². The molecule has 1 aliphatic rings. The van der Waals surface area contributed by atoms with Crippen molar-refractivity contribution in [2.24, 2.45) is 5.92 Å². The van der Waals surface area contributed by atoms with Gasteiger partial charge in [0.1, 0.15) is 6.10 Å². The molecular weight excluding hydrogens is 316 g/mol. The second-order valence-electron chi connectivity index (χ2n) is 5.89. The average molecular weight is 336 g/mol. The Kier molecular flexibility index (Phi) is 4.98. The highest BCUT2D eigenvalue weighted by atomic mass is 16.6. The molecule has 3 rings (SSSR count). The summed E-state index contributed by atoms with van der Waals surface area (Å²) in [6, 6.07) is 18.9. The predicted octanol–water partition coefficient (Wildman–Crippen LogP) is 3.72. The minimum atomic E-state index is -0.663. The molecule has 0 fully saturated rings. The van der Waals surface area contributed by atoms with Gasteiger partial charge in [0.05, 0.1) is 18.1 Å². The van der Waals surface area contributed by atoms with E-state index in [1.807, 2.05) is 60.7 Å². The molecule has 25 heavy (non-hydrogen) atoms. The van der Waals surface area contributed by atoms with E-state index in [4.69, 9.17) is 9.47 Å². The molecule has 0 saturated heterocycles. The molecule has 4 nitrogen and oxygen atoms in total. The number of ether oxygens (including phenoxy) is 2. The van der Waals surface area contributed by atoms with E-state index < -0.39 is 18.0 Å². The second-order valence-corrected chi connectivity index (χ2v) is 5.89. The minimum absolute atomic E-state index is 0.291. The fraction of sp³-hybridized carbons (Fsp3) is 0.238. The van der Waals surface area contributed by atoms with Crippen LogP contribution in [0.5, 0.6) is 0 Å². The zero-order valence-electron chi connectivity index (χ0n) is 14.3. The van der Waals surface area contributed by atoms with Gasteiger partial charge in [-0.3, -0.25) is 4.79 Å². The van der Waals surface area contributed by atoms with E-state index in [0.29, 0.717) is 12.2 Å². The van der Waals surface area contributed by atoms with Crippen LogP contribution in [0.1, 0.15) is 25.0 Å². The van der Waals surface area contributed by atoms with Gasteiger partial charge in [0.2, 0.25) is 0 Å². The SMILES string of the molecule is CCOC(=O)C(C)C1OC(=O)C(c2ccccc2)=C1c1ccccc1. The molecule has 1 aliphatic heterocycles. The van der Waals surface area contributed by atoms with Crippen LogP contribution in [0.3, 0.4) is 0 Å². The summed E-state index contributed by atoms with van der Waals surface area (Å²) in [5.41, 5.74) is 2.89. The number of cyclic esters (lactones) is 1. The van der Waals surface area contributed by atoms with Gasteiger partial charge >= 0.3 is 11.9 Å². The molecule has 0 radical (unpaired) electrons. The first-order valence-electron chi connectivity index (χ1n) is 8.36. The van der Waals surface area contributed by atoms with Crippen LogP contribution in [0, 0.1) is 5.92 Å². The Morgan fingerprint density at radius 3 is 2.16 bits per heavy atom. The maximum absolute atomic E-state index is 12.6. The number of carbonyl (C=O) groups excluding carboxylic acids is 2. The first kappa shape index (κ1) is 17.0. The molecule has 0 spiro atoms. The monoisotopic (exact) mass is 336 g/mol. The van der Waals surface area contributed by atoms with E-state index >= 15 is 0 Å². The van der Waals surface area contributed by atoms with Gasteiger partial charge in [-0.2, -0.15) is 0 Å². The normalized spacial score (nSPS) is 18.0. The van der Waals surface area contributed by atoms with Crippen LogP contribution in [0.15, 0.2) is 60.7 Å². The number of esters is 2. The number of hydrogen-bond acceptors (Lipinski definition) is 4. The summed E-state index contributed by atoms with van der Waals surface area (Å²) in [5, 5.41) is 0. The van der Waals surface area contributed by atoms with Crippen LogP contribution >= 0.6 is 0 Å².